The molecule has 0 bridgehead atoms. The van der Waals surface area contributed by atoms with Gasteiger partial charge in [0.25, 0.3) is 0 Å². The molecule has 3 heteroatoms. The van der Waals surface area contributed by atoms with E-state index in [0.29, 0.717) is 11.9 Å². The van der Waals surface area contributed by atoms with Gasteiger partial charge in [-0.1, -0.05) is 30.3 Å². The standard InChI is InChI=1S/C10H10N3/c11-9(10-12-6-7-13-10)8-4-2-1-3-5-8/h1-7H,11H2,(H,12,13). The molecular formula is C10H10N3. The summed E-state index contributed by atoms with van der Waals surface area (Å²) in [6.45, 7) is 0. The van der Waals surface area contributed by atoms with Crippen LogP contribution in [0.5, 0.6) is 0 Å². The highest BCUT2D eigenvalue weighted by Crippen LogP contribution is 2.13. The van der Waals surface area contributed by atoms with E-state index in [1.165, 1.54) is 0 Å². The molecule has 0 atom stereocenters. The minimum atomic E-state index is 0.672. The first-order chi connectivity index (χ1) is 6.38. The Morgan fingerprint density at radius 3 is 2.62 bits per heavy atom. The van der Waals surface area contributed by atoms with Gasteiger partial charge in [-0.15, -0.1) is 0 Å². The van der Waals surface area contributed by atoms with E-state index in [1.54, 1.807) is 12.4 Å². The van der Waals surface area contributed by atoms with Crippen molar-refractivity contribution in [2.45, 2.75) is 0 Å². The number of aromatic amines is 1. The molecule has 0 saturated heterocycles. The Bertz CT molecular complexity index is 353. The highest BCUT2D eigenvalue weighted by atomic mass is 14.9. The van der Waals surface area contributed by atoms with Crippen LogP contribution in [0.2, 0.25) is 0 Å². The maximum Gasteiger partial charge on any atom is 0.133 e. The molecule has 0 saturated carbocycles. The second-order valence-electron chi connectivity index (χ2n) is 2.72. The van der Waals surface area contributed by atoms with E-state index < -0.39 is 0 Å². The molecule has 1 aromatic heterocycles. The fourth-order valence-electron chi connectivity index (χ4n) is 1.17. The monoisotopic (exact) mass is 172 g/mol. The SMILES string of the molecule is N[C](c1ccccc1)c1ncc[nH]1. The van der Waals surface area contributed by atoms with Crippen LogP contribution < -0.4 is 5.73 Å². The molecule has 0 aliphatic rings. The highest BCUT2D eigenvalue weighted by Gasteiger charge is 2.10. The van der Waals surface area contributed by atoms with E-state index in [2.05, 4.69) is 9.97 Å². The van der Waals surface area contributed by atoms with Crippen LogP contribution in [0.15, 0.2) is 42.7 Å². The van der Waals surface area contributed by atoms with Gasteiger partial charge < -0.3 is 10.7 Å². The third-order valence-electron chi connectivity index (χ3n) is 1.84. The molecule has 2 aromatic rings. The van der Waals surface area contributed by atoms with Crippen molar-refractivity contribution in [1.82, 2.24) is 9.97 Å². The average Bonchev–Trinajstić information content (AvgIpc) is 2.71. The lowest BCUT2D eigenvalue weighted by Crippen LogP contribution is -2.14. The average molecular weight is 172 g/mol. The van der Waals surface area contributed by atoms with Crippen molar-refractivity contribution in [1.29, 1.82) is 0 Å². The predicted molar refractivity (Wildman–Crippen MR) is 50.7 cm³/mol. The summed E-state index contributed by atoms with van der Waals surface area (Å²) in [5, 5.41) is 0. The Hall–Kier alpha value is -1.61. The second-order valence-corrected chi connectivity index (χ2v) is 2.72. The molecule has 0 aliphatic heterocycles. The van der Waals surface area contributed by atoms with Crippen LogP contribution in [0.4, 0.5) is 0 Å². The summed E-state index contributed by atoms with van der Waals surface area (Å²) >= 11 is 0. The van der Waals surface area contributed by atoms with Crippen molar-refractivity contribution in [3.8, 4) is 0 Å². The first kappa shape index (κ1) is 8.01. The lowest BCUT2D eigenvalue weighted by molar-refractivity contribution is 1.01. The number of hydrogen-bond donors (Lipinski definition) is 2. The Kier molecular flexibility index (Phi) is 2.10. The van der Waals surface area contributed by atoms with Gasteiger partial charge in [0.15, 0.2) is 0 Å². The number of nitrogens with zero attached hydrogens (tertiary/aromatic N) is 1. The number of nitrogens with one attached hydrogen (secondary N) is 1. The minimum Gasteiger partial charge on any atom is -0.347 e. The fourth-order valence-corrected chi connectivity index (χ4v) is 1.17. The molecule has 0 spiro atoms. The highest BCUT2D eigenvalue weighted by molar-refractivity contribution is 5.36. The first-order valence-corrected chi connectivity index (χ1v) is 4.05. The third kappa shape index (κ3) is 1.60. The van der Waals surface area contributed by atoms with E-state index >= 15 is 0 Å². The van der Waals surface area contributed by atoms with Crippen LogP contribution in [0, 0.1) is 6.04 Å². The lowest BCUT2D eigenvalue weighted by Gasteiger charge is -2.06. The van der Waals surface area contributed by atoms with Crippen molar-refractivity contribution in [3.05, 3.63) is 60.2 Å². The van der Waals surface area contributed by atoms with Crippen LogP contribution in [-0.2, 0) is 0 Å². The zero-order valence-corrected chi connectivity index (χ0v) is 7.07. The smallest absolute Gasteiger partial charge is 0.133 e. The third-order valence-corrected chi connectivity index (χ3v) is 1.84. The van der Waals surface area contributed by atoms with Crippen LogP contribution in [-0.4, -0.2) is 9.97 Å². The Morgan fingerprint density at radius 1 is 1.23 bits per heavy atom. The van der Waals surface area contributed by atoms with E-state index in [9.17, 15) is 0 Å². The van der Waals surface area contributed by atoms with Crippen LogP contribution in [0.3, 0.4) is 0 Å². The molecule has 3 nitrogen and oxygen atoms in total. The van der Waals surface area contributed by atoms with Crippen LogP contribution >= 0.6 is 0 Å². The number of hydrogen-bond acceptors (Lipinski definition) is 2. The molecule has 13 heavy (non-hydrogen) atoms. The van der Waals surface area contributed by atoms with Gasteiger partial charge in [0, 0.05) is 12.4 Å². The van der Waals surface area contributed by atoms with Gasteiger partial charge in [-0.3, -0.25) is 0 Å². The summed E-state index contributed by atoms with van der Waals surface area (Å²) in [5.41, 5.74) is 6.87. The molecule has 3 N–H and O–H groups in total. The summed E-state index contributed by atoms with van der Waals surface area (Å²) in [6.07, 6.45) is 3.44. The number of imidazole rings is 1. The zero-order valence-electron chi connectivity index (χ0n) is 7.07. The van der Waals surface area contributed by atoms with E-state index in [4.69, 9.17) is 5.73 Å². The molecular weight excluding hydrogens is 162 g/mol. The van der Waals surface area contributed by atoms with Gasteiger partial charge >= 0.3 is 0 Å². The molecule has 65 valence electrons. The molecule has 0 aliphatic carbocycles. The summed E-state index contributed by atoms with van der Waals surface area (Å²) < 4.78 is 0. The zero-order chi connectivity index (χ0) is 9.10. The number of nitrogens with two attached hydrogens (primary N) is 1. The van der Waals surface area contributed by atoms with E-state index in [1.807, 2.05) is 30.3 Å². The molecule has 0 unspecified atom stereocenters. The first-order valence-electron chi connectivity index (χ1n) is 4.05. The largest absolute Gasteiger partial charge is 0.347 e. The van der Waals surface area contributed by atoms with E-state index in [0.717, 1.165) is 5.56 Å². The van der Waals surface area contributed by atoms with Gasteiger partial charge in [0.05, 0.1) is 0 Å². The van der Waals surface area contributed by atoms with Gasteiger partial charge in [0.2, 0.25) is 0 Å². The summed E-state index contributed by atoms with van der Waals surface area (Å²) in [5.74, 6) is 0.714. The van der Waals surface area contributed by atoms with Gasteiger partial charge in [-0.05, 0) is 5.56 Å². The number of benzene rings is 1. The predicted octanol–water partition coefficient (Wildman–Crippen LogP) is 1.30. The Morgan fingerprint density at radius 2 is 2.00 bits per heavy atom. The van der Waals surface area contributed by atoms with Crippen LogP contribution in [0.25, 0.3) is 0 Å². The fraction of sp³-hybridized carbons (Fsp3) is 0. The number of aromatic nitrogens is 2. The van der Waals surface area contributed by atoms with E-state index in [-0.39, 0.29) is 0 Å². The Balaban J connectivity index is 2.29. The normalized spacial score (nSPS) is 10.6. The minimum absolute atomic E-state index is 0.672. The summed E-state index contributed by atoms with van der Waals surface area (Å²) in [4.78, 5) is 7.04. The molecule has 2 rings (SSSR count). The Labute approximate surface area is 76.6 Å². The molecule has 0 amide bonds. The van der Waals surface area contributed by atoms with Crippen molar-refractivity contribution in [2.24, 2.45) is 5.73 Å². The topological polar surface area (TPSA) is 54.7 Å². The summed E-state index contributed by atoms with van der Waals surface area (Å²) in [6, 6.07) is 10.4. The van der Waals surface area contributed by atoms with Gasteiger partial charge in [0.1, 0.15) is 11.9 Å². The molecule has 1 heterocycles. The van der Waals surface area contributed by atoms with Crippen LogP contribution in [0.1, 0.15) is 11.4 Å². The quantitative estimate of drug-likeness (QED) is 0.717. The number of rotatable bonds is 2. The molecule has 1 radical (unpaired) electrons. The van der Waals surface area contributed by atoms with Crippen molar-refractivity contribution in [2.75, 3.05) is 0 Å². The van der Waals surface area contributed by atoms with Crippen molar-refractivity contribution >= 4 is 0 Å². The van der Waals surface area contributed by atoms with Gasteiger partial charge in [-0.2, -0.15) is 0 Å². The maximum atomic E-state index is 5.88. The molecule has 0 fully saturated rings. The molecule has 1 aromatic carbocycles. The lowest BCUT2D eigenvalue weighted by atomic mass is 10.1. The number of H-pyrrole nitrogens is 1. The van der Waals surface area contributed by atoms with Crippen molar-refractivity contribution < 1.29 is 0 Å². The second kappa shape index (κ2) is 3.41. The van der Waals surface area contributed by atoms with Gasteiger partial charge in [-0.25, -0.2) is 4.98 Å². The van der Waals surface area contributed by atoms with Crippen molar-refractivity contribution in [3.63, 3.8) is 0 Å². The maximum absolute atomic E-state index is 5.88. The summed E-state index contributed by atoms with van der Waals surface area (Å²) in [7, 11) is 0.